The molecule has 200 valence electrons. The third-order valence-electron chi connectivity index (χ3n) is 8.52. The van der Waals surface area contributed by atoms with Gasteiger partial charge in [0.1, 0.15) is 17.5 Å². The highest BCUT2D eigenvalue weighted by Gasteiger charge is 2.43. The molecule has 3 aromatic heterocycles. The maximum absolute atomic E-state index is 7.73. The number of aromatic nitrogens is 3. The minimum Gasteiger partial charge on any atom is -0.488 e. The molecule has 2 aliphatic heterocycles. The van der Waals surface area contributed by atoms with Crippen LogP contribution in [0, 0.1) is 12.5 Å². The summed E-state index contributed by atoms with van der Waals surface area (Å²) >= 11 is 1.51. The Labute approximate surface area is 227 Å². The van der Waals surface area contributed by atoms with Gasteiger partial charge in [-0.25, -0.2) is 9.83 Å². The Bertz CT molecular complexity index is 1370. The topological polar surface area (TPSA) is 107 Å². The number of aryl methyl sites for hydroxylation is 1. The number of hydrogen-bond donors (Lipinski definition) is 2. The van der Waals surface area contributed by atoms with Gasteiger partial charge in [0.05, 0.1) is 17.0 Å². The molecule has 38 heavy (non-hydrogen) atoms. The molecule has 1 aliphatic carbocycles. The highest BCUT2D eigenvalue weighted by Crippen LogP contribution is 2.52. The quantitative estimate of drug-likeness (QED) is 0.425. The lowest BCUT2D eigenvalue weighted by Crippen LogP contribution is -2.50. The molecule has 10 heteroatoms. The molecule has 3 atom stereocenters. The molecule has 3 aliphatic rings. The van der Waals surface area contributed by atoms with E-state index in [1.165, 1.54) is 24.2 Å². The van der Waals surface area contributed by atoms with E-state index in [-0.39, 0.29) is 6.10 Å². The number of nitrogens with one attached hydrogen (secondary N) is 1. The van der Waals surface area contributed by atoms with Crippen LogP contribution in [0.5, 0.6) is 5.75 Å². The molecule has 5 heterocycles. The molecular formula is C28H35N7O2S. The molecule has 3 N–H and O–H groups in total. The molecule has 0 bridgehead atoms. The lowest BCUT2D eigenvalue weighted by Gasteiger charge is -2.31. The number of anilines is 1. The average Bonchev–Trinajstić information content (AvgIpc) is 3.60. The maximum Gasteiger partial charge on any atom is 0.236 e. The van der Waals surface area contributed by atoms with E-state index in [1.807, 2.05) is 6.07 Å². The summed E-state index contributed by atoms with van der Waals surface area (Å²) in [5.74, 6) is 2.22. The van der Waals surface area contributed by atoms with Gasteiger partial charge in [0.25, 0.3) is 0 Å². The van der Waals surface area contributed by atoms with Gasteiger partial charge in [-0.05, 0) is 75.4 Å². The van der Waals surface area contributed by atoms with Crippen LogP contribution in [0.2, 0.25) is 0 Å². The lowest BCUT2D eigenvalue weighted by atomic mass is 9.73. The number of nitrogens with zero attached hydrogens (tertiary/aromatic N) is 5. The number of likely N-dealkylation sites (tertiary alicyclic amines) is 1. The summed E-state index contributed by atoms with van der Waals surface area (Å²) < 4.78 is 12.2. The van der Waals surface area contributed by atoms with Crippen molar-refractivity contribution in [3.63, 3.8) is 0 Å². The molecule has 2 fully saturated rings. The standard InChI is InChI=1S/C28H35N7O2S/c1-16(21-7-6-10-35(21)4)11-17-12-18(36-19-14-31-15-19)13-20(32-17)26-33-27(37-34-26)28(2)9-5-8-22-23(28)24(30-3)25(29)38-22/h12-13,16,19,21,31H,5-11,14-15,29H2,1-2,4H3/t16-,21?,28+/m1/s1. The second kappa shape index (κ2) is 9.95. The molecule has 0 amide bonds. The first-order chi connectivity index (χ1) is 18.4. The van der Waals surface area contributed by atoms with Crippen molar-refractivity contribution in [3.8, 4) is 17.3 Å². The fourth-order valence-corrected chi connectivity index (χ4v) is 7.52. The monoisotopic (exact) mass is 533 g/mol. The Kier molecular flexibility index (Phi) is 6.62. The van der Waals surface area contributed by atoms with Gasteiger partial charge in [-0.3, -0.25) is 0 Å². The van der Waals surface area contributed by atoms with Crippen molar-refractivity contribution < 1.29 is 9.26 Å². The number of fused-ring (bicyclic) bond motifs is 1. The van der Waals surface area contributed by atoms with Crippen LogP contribution in [0.15, 0.2) is 16.7 Å². The van der Waals surface area contributed by atoms with Crippen molar-refractivity contribution in [2.45, 2.75) is 69.9 Å². The molecule has 6 rings (SSSR count). The van der Waals surface area contributed by atoms with E-state index in [2.05, 4.69) is 47.2 Å². The third kappa shape index (κ3) is 4.46. The van der Waals surface area contributed by atoms with Gasteiger partial charge in [-0.2, -0.15) is 4.98 Å². The number of ether oxygens (including phenoxy) is 1. The van der Waals surface area contributed by atoms with Crippen LogP contribution in [0.1, 0.15) is 61.6 Å². The molecule has 2 saturated heterocycles. The van der Waals surface area contributed by atoms with Crippen LogP contribution in [0.25, 0.3) is 16.4 Å². The molecule has 1 unspecified atom stereocenters. The molecule has 3 aromatic rings. The van der Waals surface area contributed by atoms with Crippen LogP contribution in [-0.4, -0.2) is 58.9 Å². The Balaban J connectivity index is 1.34. The van der Waals surface area contributed by atoms with Crippen molar-refractivity contribution in [1.82, 2.24) is 25.3 Å². The summed E-state index contributed by atoms with van der Waals surface area (Å²) in [6.07, 6.45) is 6.22. The molecule has 0 radical (unpaired) electrons. The first kappa shape index (κ1) is 25.3. The minimum atomic E-state index is -0.553. The van der Waals surface area contributed by atoms with E-state index < -0.39 is 5.41 Å². The number of thiophene rings is 1. The highest BCUT2D eigenvalue weighted by atomic mass is 32.1. The molecule has 0 spiro atoms. The molecular weight excluding hydrogens is 498 g/mol. The first-order valence-electron chi connectivity index (χ1n) is 13.6. The summed E-state index contributed by atoms with van der Waals surface area (Å²) in [5.41, 5.74) is 8.78. The Hall–Kier alpha value is -3.00. The lowest BCUT2D eigenvalue weighted by molar-refractivity contribution is 0.142. The smallest absolute Gasteiger partial charge is 0.236 e. The van der Waals surface area contributed by atoms with Crippen molar-refractivity contribution in [1.29, 1.82) is 0 Å². The van der Waals surface area contributed by atoms with Crippen molar-refractivity contribution in [2.24, 2.45) is 5.92 Å². The number of nitrogens with two attached hydrogens (primary N) is 1. The van der Waals surface area contributed by atoms with Gasteiger partial charge in [-0.1, -0.05) is 12.1 Å². The summed E-state index contributed by atoms with van der Waals surface area (Å²) in [5, 5.41) is 8.21. The number of nitrogen functional groups attached to an aromatic ring is 1. The number of hydrogen-bond acceptors (Lipinski definition) is 9. The van der Waals surface area contributed by atoms with E-state index in [0.717, 1.165) is 67.2 Å². The van der Waals surface area contributed by atoms with Gasteiger partial charge < -0.3 is 25.2 Å². The van der Waals surface area contributed by atoms with Crippen LogP contribution < -0.4 is 15.8 Å². The van der Waals surface area contributed by atoms with Gasteiger partial charge in [0.2, 0.25) is 17.4 Å². The predicted molar refractivity (Wildman–Crippen MR) is 148 cm³/mol. The zero-order valence-corrected chi connectivity index (χ0v) is 23.1. The second-order valence-corrected chi connectivity index (χ2v) is 12.4. The Morgan fingerprint density at radius 1 is 1.34 bits per heavy atom. The SMILES string of the molecule is [C-]#[N+]c1c(N)sc2c1[C@@](C)(c1nc(-c3cc(OC4CNC4)cc(C[C@@H](C)C4CCCN4C)n3)no1)CCC2. The Morgan fingerprint density at radius 2 is 2.18 bits per heavy atom. The minimum absolute atomic E-state index is 0.160. The molecule has 9 nitrogen and oxygen atoms in total. The van der Waals surface area contributed by atoms with E-state index >= 15 is 0 Å². The van der Waals surface area contributed by atoms with Crippen LogP contribution >= 0.6 is 11.3 Å². The maximum atomic E-state index is 7.73. The van der Waals surface area contributed by atoms with Crippen molar-refractivity contribution >= 4 is 22.0 Å². The van der Waals surface area contributed by atoms with Crippen LogP contribution in [0.4, 0.5) is 10.7 Å². The zero-order valence-electron chi connectivity index (χ0n) is 22.3. The van der Waals surface area contributed by atoms with Crippen molar-refractivity contribution in [2.75, 3.05) is 32.4 Å². The predicted octanol–water partition coefficient (Wildman–Crippen LogP) is 4.59. The van der Waals surface area contributed by atoms with E-state index in [0.29, 0.717) is 40.1 Å². The van der Waals surface area contributed by atoms with Crippen LogP contribution in [0.3, 0.4) is 0 Å². The highest BCUT2D eigenvalue weighted by molar-refractivity contribution is 7.16. The van der Waals surface area contributed by atoms with Gasteiger partial charge in [0, 0.05) is 37.0 Å². The largest absolute Gasteiger partial charge is 0.488 e. The summed E-state index contributed by atoms with van der Waals surface area (Å²) in [6.45, 7) is 15.0. The Morgan fingerprint density at radius 3 is 2.89 bits per heavy atom. The molecule has 0 saturated carbocycles. The normalized spacial score (nSPS) is 24.5. The first-order valence-corrected chi connectivity index (χ1v) is 14.4. The van der Waals surface area contributed by atoms with Gasteiger partial charge >= 0.3 is 0 Å². The number of pyridine rings is 1. The fourth-order valence-electron chi connectivity index (χ4n) is 6.34. The zero-order chi connectivity index (χ0) is 26.4. The van der Waals surface area contributed by atoms with E-state index in [1.54, 1.807) is 0 Å². The van der Waals surface area contributed by atoms with Crippen LogP contribution in [-0.2, 0) is 18.3 Å². The number of rotatable bonds is 7. The third-order valence-corrected chi connectivity index (χ3v) is 9.58. The van der Waals surface area contributed by atoms with E-state index in [4.69, 9.17) is 31.5 Å². The van der Waals surface area contributed by atoms with E-state index in [9.17, 15) is 0 Å². The fraction of sp³-hybridized carbons (Fsp3) is 0.571. The summed E-state index contributed by atoms with van der Waals surface area (Å²) in [4.78, 5) is 17.2. The summed E-state index contributed by atoms with van der Waals surface area (Å²) in [7, 11) is 2.22. The molecule has 0 aromatic carbocycles. The summed E-state index contributed by atoms with van der Waals surface area (Å²) in [6, 6.07) is 4.55. The second-order valence-electron chi connectivity index (χ2n) is 11.3. The van der Waals surface area contributed by atoms with Gasteiger partial charge in [0.15, 0.2) is 0 Å². The average molecular weight is 534 g/mol. The van der Waals surface area contributed by atoms with Gasteiger partial charge in [-0.15, -0.1) is 11.3 Å². The van der Waals surface area contributed by atoms with Crippen molar-refractivity contribution in [3.05, 3.63) is 45.6 Å².